The molecule has 0 unspecified atom stereocenters. The zero-order valence-corrected chi connectivity index (χ0v) is 14.2. The molecule has 0 aliphatic carbocycles. The first-order valence-corrected chi connectivity index (χ1v) is 7.90. The molecule has 1 heterocycles. The molecule has 2 aromatic rings. The Kier molecular flexibility index (Phi) is 4.76. The molecule has 0 radical (unpaired) electrons. The molecule has 21 heavy (non-hydrogen) atoms. The Labute approximate surface area is 128 Å². The van der Waals surface area contributed by atoms with Crippen LogP contribution in [0.15, 0.2) is 24.5 Å². The normalized spacial score (nSPS) is 11.2. The van der Waals surface area contributed by atoms with Crippen LogP contribution in [0.1, 0.15) is 55.0 Å². The van der Waals surface area contributed by atoms with Crippen LogP contribution in [0.5, 0.6) is 11.5 Å². The van der Waals surface area contributed by atoms with Gasteiger partial charge in [0.15, 0.2) is 0 Å². The van der Waals surface area contributed by atoms with E-state index in [1.165, 1.54) is 22.3 Å². The molecule has 0 fully saturated rings. The molecule has 0 spiro atoms. The summed E-state index contributed by atoms with van der Waals surface area (Å²) >= 11 is 0. The van der Waals surface area contributed by atoms with Crippen molar-refractivity contribution in [3.8, 4) is 11.5 Å². The topological polar surface area (TPSA) is 14.2 Å². The maximum absolute atomic E-state index is 6.22. The zero-order valence-electron chi connectivity index (χ0n) is 14.2. The summed E-state index contributed by atoms with van der Waals surface area (Å²) in [7, 11) is 0. The van der Waals surface area contributed by atoms with Crippen LogP contribution in [0.4, 0.5) is 0 Å². The molecule has 2 rings (SSSR count). The first kappa shape index (κ1) is 15.7. The first-order valence-electron chi connectivity index (χ1n) is 7.90. The molecule has 2 nitrogen and oxygen atoms in total. The maximum atomic E-state index is 6.22. The third kappa shape index (κ3) is 3.31. The number of aryl methyl sites for hydroxylation is 4. The van der Waals surface area contributed by atoms with Crippen LogP contribution >= 0.6 is 0 Å². The van der Waals surface area contributed by atoms with Crippen molar-refractivity contribution in [1.29, 1.82) is 0 Å². The molecule has 114 valence electrons. The molecule has 1 aromatic carbocycles. The third-order valence-electron chi connectivity index (χ3n) is 4.18. The molecule has 0 saturated heterocycles. The van der Waals surface area contributed by atoms with Gasteiger partial charge in [-0.05, 0) is 51.7 Å². The van der Waals surface area contributed by atoms with Crippen LogP contribution in [-0.2, 0) is 0 Å². The highest BCUT2D eigenvalue weighted by Crippen LogP contribution is 2.33. The summed E-state index contributed by atoms with van der Waals surface area (Å²) in [5, 5.41) is 0. The average molecular weight is 285 g/mol. The quantitative estimate of drug-likeness (QED) is 0.669. The lowest BCUT2D eigenvalue weighted by atomic mass is 10.1. The minimum atomic E-state index is 0.557. The van der Waals surface area contributed by atoms with Crippen molar-refractivity contribution in [2.24, 2.45) is 0 Å². The second kappa shape index (κ2) is 6.38. The largest absolute Gasteiger partial charge is 0.455 e. The monoisotopic (exact) mass is 285 g/mol. The Bertz CT molecular complexity index is 597. The summed E-state index contributed by atoms with van der Waals surface area (Å²) in [6.07, 6.45) is 6.64. The van der Waals surface area contributed by atoms with E-state index in [4.69, 9.17) is 4.74 Å². The van der Waals surface area contributed by atoms with Crippen molar-refractivity contribution < 1.29 is 4.74 Å². The van der Waals surface area contributed by atoms with Crippen LogP contribution in [-0.4, -0.2) is 4.57 Å². The molecule has 1 aromatic heterocycles. The number of nitrogens with zero attached hydrogens (tertiary/aromatic N) is 1. The van der Waals surface area contributed by atoms with Crippen LogP contribution in [0.3, 0.4) is 0 Å². The predicted octanol–water partition coefficient (Wildman–Crippen LogP) is 5.88. The Morgan fingerprint density at radius 2 is 1.48 bits per heavy atom. The lowest BCUT2D eigenvalue weighted by Crippen LogP contribution is -2.03. The molecule has 0 N–H and O–H groups in total. The van der Waals surface area contributed by atoms with E-state index in [9.17, 15) is 0 Å². The summed E-state index contributed by atoms with van der Waals surface area (Å²) in [5.41, 5.74) is 4.87. The van der Waals surface area contributed by atoms with Crippen molar-refractivity contribution in [3.63, 3.8) is 0 Å². The van der Waals surface area contributed by atoms with Gasteiger partial charge in [-0.2, -0.15) is 0 Å². The van der Waals surface area contributed by atoms with Gasteiger partial charge in [0, 0.05) is 24.0 Å². The molecular formula is C19H27NO. The number of benzene rings is 1. The van der Waals surface area contributed by atoms with Crippen LogP contribution in [0.25, 0.3) is 0 Å². The Balaban J connectivity index is 2.32. The van der Waals surface area contributed by atoms with Crippen molar-refractivity contribution >= 4 is 0 Å². The lowest BCUT2D eigenvalue weighted by molar-refractivity contribution is 0.452. The first-order chi connectivity index (χ1) is 9.96. The molecule has 0 aliphatic heterocycles. The maximum Gasteiger partial charge on any atom is 0.147 e. The summed E-state index contributed by atoms with van der Waals surface area (Å²) in [6, 6.07) is 4.91. The van der Waals surface area contributed by atoms with Gasteiger partial charge in [-0.15, -0.1) is 0 Å². The summed E-state index contributed by atoms with van der Waals surface area (Å²) < 4.78 is 8.52. The van der Waals surface area contributed by atoms with E-state index in [-0.39, 0.29) is 0 Å². The van der Waals surface area contributed by atoms with Gasteiger partial charge in [0.1, 0.15) is 11.5 Å². The minimum Gasteiger partial charge on any atom is -0.455 e. The highest BCUT2D eigenvalue weighted by atomic mass is 16.5. The SMILES string of the molecule is CCC(CC)n1cc(C)c(Oc2c(C)cc(C)cc2C)c1. The van der Waals surface area contributed by atoms with Crippen LogP contribution in [0, 0.1) is 27.7 Å². The summed E-state index contributed by atoms with van der Waals surface area (Å²) in [5.74, 6) is 1.96. The van der Waals surface area contributed by atoms with E-state index in [1.54, 1.807) is 0 Å². The van der Waals surface area contributed by atoms with Gasteiger partial charge in [-0.3, -0.25) is 0 Å². The number of rotatable bonds is 5. The molecular weight excluding hydrogens is 258 g/mol. The molecule has 0 saturated carbocycles. The molecule has 0 atom stereocenters. The van der Waals surface area contributed by atoms with Gasteiger partial charge < -0.3 is 9.30 Å². The molecule has 0 bridgehead atoms. The van der Waals surface area contributed by atoms with E-state index in [1.807, 2.05) is 0 Å². The van der Waals surface area contributed by atoms with Gasteiger partial charge in [0.25, 0.3) is 0 Å². The predicted molar refractivity (Wildman–Crippen MR) is 89.5 cm³/mol. The Morgan fingerprint density at radius 3 is 2.00 bits per heavy atom. The van der Waals surface area contributed by atoms with E-state index in [2.05, 4.69) is 70.6 Å². The fourth-order valence-electron chi connectivity index (χ4n) is 3.03. The van der Waals surface area contributed by atoms with E-state index in [0.717, 1.165) is 24.3 Å². The Hall–Kier alpha value is -1.70. The van der Waals surface area contributed by atoms with Crippen LogP contribution < -0.4 is 4.74 Å². The fourth-order valence-corrected chi connectivity index (χ4v) is 3.03. The highest BCUT2D eigenvalue weighted by Gasteiger charge is 2.13. The number of aromatic nitrogens is 1. The summed E-state index contributed by atoms with van der Waals surface area (Å²) in [4.78, 5) is 0. The summed E-state index contributed by atoms with van der Waals surface area (Å²) in [6.45, 7) is 12.9. The van der Waals surface area contributed by atoms with Gasteiger partial charge in [0.05, 0.1) is 0 Å². The number of hydrogen-bond donors (Lipinski definition) is 0. The molecule has 0 aliphatic rings. The van der Waals surface area contributed by atoms with Crippen molar-refractivity contribution in [2.75, 3.05) is 0 Å². The molecule has 0 amide bonds. The number of hydrogen-bond acceptors (Lipinski definition) is 1. The van der Waals surface area contributed by atoms with Crippen LogP contribution in [0.2, 0.25) is 0 Å². The van der Waals surface area contributed by atoms with Crippen molar-refractivity contribution in [2.45, 2.75) is 60.4 Å². The van der Waals surface area contributed by atoms with E-state index in [0.29, 0.717) is 6.04 Å². The van der Waals surface area contributed by atoms with Crippen molar-refractivity contribution in [3.05, 3.63) is 46.8 Å². The van der Waals surface area contributed by atoms with Gasteiger partial charge in [-0.1, -0.05) is 31.5 Å². The Morgan fingerprint density at radius 1 is 0.905 bits per heavy atom. The lowest BCUT2D eigenvalue weighted by Gasteiger charge is -2.14. The standard InChI is InChI=1S/C19H27NO/c1-7-17(8-2)20-11-16(6)18(12-20)21-19-14(4)9-13(3)10-15(19)5/h9-12,17H,7-8H2,1-6H3. The van der Waals surface area contributed by atoms with E-state index < -0.39 is 0 Å². The second-order valence-electron chi connectivity index (χ2n) is 6.05. The zero-order chi connectivity index (χ0) is 15.6. The van der Waals surface area contributed by atoms with Gasteiger partial charge in [0.2, 0.25) is 0 Å². The smallest absolute Gasteiger partial charge is 0.147 e. The fraction of sp³-hybridized carbons (Fsp3) is 0.474. The van der Waals surface area contributed by atoms with E-state index >= 15 is 0 Å². The third-order valence-corrected chi connectivity index (χ3v) is 4.18. The van der Waals surface area contributed by atoms with Gasteiger partial charge >= 0.3 is 0 Å². The number of ether oxygens (including phenoxy) is 1. The van der Waals surface area contributed by atoms with Crippen molar-refractivity contribution in [1.82, 2.24) is 4.57 Å². The highest BCUT2D eigenvalue weighted by molar-refractivity contribution is 5.46. The minimum absolute atomic E-state index is 0.557. The molecule has 2 heteroatoms. The second-order valence-corrected chi connectivity index (χ2v) is 6.05. The van der Waals surface area contributed by atoms with Gasteiger partial charge in [-0.25, -0.2) is 0 Å². The average Bonchev–Trinajstić information content (AvgIpc) is 2.76.